The number of hydrogen-bond acceptors (Lipinski definition) is 2. The van der Waals surface area contributed by atoms with Gasteiger partial charge in [0.15, 0.2) is 0 Å². The van der Waals surface area contributed by atoms with Crippen LogP contribution in [0.15, 0.2) is 0 Å². The monoisotopic (exact) mass is 254 g/mol. The van der Waals surface area contributed by atoms with Crippen molar-refractivity contribution >= 4 is 0 Å². The van der Waals surface area contributed by atoms with Crippen molar-refractivity contribution in [2.45, 2.75) is 89.6 Å². The van der Waals surface area contributed by atoms with Crippen LogP contribution in [0, 0.1) is 0 Å². The van der Waals surface area contributed by atoms with Crippen molar-refractivity contribution in [1.82, 2.24) is 4.90 Å². The summed E-state index contributed by atoms with van der Waals surface area (Å²) in [5.41, 5.74) is 5.93. The predicted octanol–water partition coefficient (Wildman–Crippen LogP) is 3.94. The van der Waals surface area contributed by atoms with Gasteiger partial charge in [-0.15, -0.1) is 0 Å². The second kappa shape index (κ2) is 9.80. The van der Waals surface area contributed by atoms with Gasteiger partial charge in [0, 0.05) is 18.6 Å². The quantitative estimate of drug-likeness (QED) is 0.566. The highest BCUT2D eigenvalue weighted by Crippen LogP contribution is 2.26. The maximum Gasteiger partial charge on any atom is 0.0218 e. The van der Waals surface area contributed by atoms with Crippen LogP contribution >= 0.6 is 0 Å². The summed E-state index contributed by atoms with van der Waals surface area (Å²) in [7, 11) is 2.28. The molecule has 2 heteroatoms. The summed E-state index contributed by atoms with van der Waals surface area (Å²) in [6, 6.07) is 1.47. The van der Waals surface area contributed by atoms with Crippen molar-refractivity contribution in [2.24, 2.45) is 5.73 Å². The Hall–Kier alpha value is -0.0800. The van der Waals surface area contributed by atoms with Gasteiger partial charge in [-0.2, -0.15) is 0 Å². The molecule has 0 aromatic rings. The first-order chi connectivity index (χ1) is 8.79. The standard InChI is InChI=1S/C16H34N2/c1-3-4-5-6-7-8-9-11-16(14-17)18(2)15-12-10-13-15/h15-16H,3-14,17H2,1-2H3. The smallest absolute Gasteiger partial charge is 0.0218 e. The fraction of sp³-hybridized carbons (Fsp3) is 1.00. The molecule has 0 bridgehead atoms. The highest BCUT2D eigenvalue weighted by Gasteiger charge is 2.26. The fourth-order valence-corrected chi connectivity index (χ4v) is 2.92. The fourth-order valence-electron chi connectivity index (χ4n) is 2.92. The van der Waals surface area contributed by atoms with Crippen molar-refractivity contribution in [3.8, 4) is 0 Å². The molecule has 1 fully saturated rings. The summed E-state index contributed by atoms with van der Waals surface area (Å²) in [5, 5.41) is 0. The van der Waals surface area contributed by atoms with Gasteiger partial charge >= 0.3 is 0 Å². The summed E-state index contributed by atoms with van der Waals surface area (Å²) in [4.78, 5) is 2.56. The molecule has 0 aromatic heterocycles. The molecule has 1 aliphatic rings. The van der Waals surface area contributed by atoms with Crippen LogP contribution in [-0.2, 0) is 0 Å². The molecule has 18 heavy (non-hydrogen) atoms. The molecule has 0 heterocycles. The van der Waals surface area contributed by atoms with E-state index >= 15 is 0 Å². The predicted molar refractivity (Wildman–Crippen MR) is 80.9 cm³/mol. The molecule has 1 rings (SSSR count). The number of nitrogens with zero attached hydrogens (tertiary/aromatic N) is 1. The maximum atomic E-state index is 5.93. The molecule has 1 atom stereocenters. The van der Waals surface area contributed by atoms with E-state index in [1.54, 1.807) is 0 Å². The molecule has 0 amide bonds. The summed E-state index contributed by atoms with van der Waals surface area (Å²) < 4.78 is 0. The summed E-state index contributed by atoms with van der Waals surface area (Å²) in [5.74, 6) is 0. The third-order valence-corrected chi connectivity index (χ3v) is 4.64. The lowest BCUT2D eigenvalue weighted by Gasteiger charge is -2.39. The topological polar surface area (TPSA) is 29.3 Å². The van der Waals surface area contributed by atoms with E-state index in [0.717, 1.165) is 12.6 Å². The molecule has 1 unspecified atom stereocenters. The molecule has 1 saturated carbocycles. The summed E-state index contributed by atoms with van der Waals surface area (Å²) >= 11 is 0. The van der Waals surface area contributed by atoms with Gasteiger partial charge in [0.2, 0.25) is 0 Å². The summed E-state index contributed by atoms with van der Waals surface area (Å²) in [6.07, 6.45) is 15.3. The van der Waals surface area contributed by atoms with Gasteiger partial charge in [0.25, 0.3) is 0 Å². The molecule has 1 aliphatic carbocycles. The van der Waals surface area contributed by atoms with Crippen LogP contribution in [0.1, 0.15) is 77.6 Å². The molecular formula is C16H34N2. The van der Waals surface area contributed by atoms with E-state index in [4.69, 9.17) is 5.73 Å². The molecular weight excluding hydrogens is 220 g/mol. The molecule has 0 aromatic carbocycles. The third kappa shape index (κ3) is 5.71. The van der Waals surface area contributed by atoms with Gasteiger partial charge in [-0.1, -0.05) is 58.3 Å². The summed E-state index contributed by atoms with van der Waals surface area (Å²) in [6.45, 7) is 3.12. The van der Waals surface area contributed by atoms with E-state index in [2.05, 4.69) is 18.9 Å². The Balaban J connectivity index is 2.00. The molecule has 0 aliphatic heterocycles. The number of nitrogens with two attached hydrogens (primary N) is 1. The molecule has 2 N–H and O–H groups in total. The van der Waals surface area contributed by atoms with Crippen LogP contribution in [0.5, 0.6) is 0 Å². The van der Waals surface area contributed by atoms with E-state index in [0.29, 0.717) is 6.04 Å². The van der Waals surface area contributed by atoms with Crippen molar-refractivity contribution in [1.29, 1.82) is 0 Å². The maximum absolute atomic E-state index is 5.93. The Labute approximate surface area is 114 Å². The lowest BCUT2D eigenvalue weighted by Crippen LogP contribution is -2.47. The van der Waals surface area contributed by atoms with Crippen LogP contribution in [0.25, 0.3) is 0 Å². The average Bonchev–Trinajstić information content (AvgIpc) is 2.30. The Morgan fingerprint density at radius 2 is 1.67 bits per heavy atom. The van der Waals surface area contributed by atoms with Crippen LogP contribution in [0.3, 0.4) is 0 Å². The Morgan fingerprint density at radius 3 is 2.17 bits per heavy atom. The van der Waals surface area contributed by atoms with Crippen molar-refractivity contribution in [3.05, 3.63) is 0 Å². The lowest BCUT2D eigenvalue weighted by molar-refractivity contribution is 0.107. The first kappa shape index (κ1) is 16.0. The number of rotatable bonds is 11. The van der Waals surface area contributed by atoms with Gasteiger partial charge in [-0.3, -0.25) is 4.90 Å². The SMILES string of the molecule is CCCCCCCCCC(CN)N(C)C1CCC1. The molecule has 108 valence electrons. The first-order valence-electron chi connectivity index (χ1n) is 8.21. The van der Waals surface area contributed by atoms with E-state index in [9.17, 15) is 0 Å². The second-order valence-electron chi connectivity index (χ2n) is 6.05. The van der Waals surface area contributed by atoms with E-state index in [-0.39, 0.29) is 0 Å². The van der Waals surface area contributed by atoms with Gasteiger partial charge in [-0.05, 0) is 26.3 Å². The van der Waals surface area contributed by atoms with Crippen LogP contribution in [0.4, 0.5) is 0 Å². The van der Waals surface area contributed by atoms with Gasteiger partial charge in [-0.25, -0.2) is 0 Å². The van der Waals surface area contributed by atoms with Crippen molar-refractivity contribution in [3.63, 3.8) is 0 Å². The van der Waals surface area contributed by atoms with Crippen LogP contribution in [-0.4, -0.2) is 30.6 Å². The van der Waals surface area contributed by atoms with Crippen LogP contribution < -0.4 is 5.73 Å². The average molecular weight is 254 g/mol. The molecule has 0 spiro atoms. The van der Waals surface area contributed by atoms with Crippen molar-refractivity contribution < 1.29 is 0 Å². The highest BCUT2D eigenvalue weighted by molar-refractivity contribution is 4.83. The molecule has 2 nitrogen and oxygen atoms in total. The minimum Gasteiger partial charge on any atom is -0.329 e. The minimum absolute atomic E-state index is 0.631. The van der Waals surface area contributed by atoms with Crippen molar-refractivity contribution in [2.75, 3.05) is 13.6 Å². The zero-order valence-corrected chi connectivity index (χ0v) is 12.7. The second-order valence-corrected chi connectivity index (χ2v) is 6.05. The van der Waals surface area contributed by atoms with Gasteiger partial charge in [0.1, 0.15) is 0 Å². The lowest BCUT2D eigenvalue weighted by atomic mass is 9.90. The van der Waals surface area contributed by atoms with E-state index < -0.39 is 0 Å². The highest BCUT2D eigenvalue weighted by atomic mass is 15.2. The number of likely N-dealkylation sites (N-methyl/N-ethyl adjacent to an activating group) is 1. The molecule has 0 saturated heterocycles. The van der Waals surface area contributed by atoms with E-state index in [1.807, 2.05) is 0 Å². The molecule has 0 radical (unpaired) electrons. The van der Waals surface area contributed by atoms with E-state index in [1.165, 1.54) is 70.6 Å². The largest absolute Gasteiger partial charge is 0.329 e. The Morgan fingerprint density at radius 1 is 1.06 bits per heavy atom. The third-order valence-electron chi connectivity index (χ3n) is 4.64. The zero-order chi connectivity index (χ0) is 13.2. The van der Waals surface area contributed by atoms with Crippen LogP contribution in [0.2, 0.25) is 0 Å². The number of unbranched alkanes of at least 4 members (excludes halogenated alkanes) is 6. The Bertz CT molecular complexity index is 190. The minimum atomic E-state index is 0.631. The normalized spacial score (nSPS) is 18.0. The number of hydrogen-bond donors (Lipinski definition) is 1. The van der Waals surface area contributed by atoms with Gasteiger partial charge < -0.3 is 5.73 Å². The van der Waals surface area contributed by atoms with Gasteiger partial charge in [0.05, 0.1) is 0 Å². The zero-order valence-electron chi connectivity index (χ0n) is 12.7. The Kier molecular flexibility index (Phi) is 8.70. The first-order valence-corrected chi connectivity index (χ1v) is 8.21.